The lowest BCUT2D eigenvalue weighted by atomic mass is 9.89. The van der Waals surface area contributed by atoms with E-state index in [1.807, 2.05) is 35.7 Å². The Kier molecular flexibility index (Phi) is 7.23. The lowest BCUT2D eigenvalue weighted by Crippen LogP contribution is -2.47. The van der Waals surface area contributed by atoms with Crippen LogP contribution >= 0.6 is 11.8 Å². The minimum atomic E-state index is -0.246. The molecule has 1 aromatic rings. The number of rotatable bonds is 5. The zero-order valence-electron chi connectivity index (χ0n) is 17.9. The maximum atomic E-state index is 14.0. The van der Waals surface area contributed by atoms with Gasteiger partial charge in [0.05, 0.1) is 11.7 Å². The Bertz CT molecular complexity index is 845. The molecule has 1 aliphatic carbocycles. The molecule has 2 heterocycles. The molecule has 0 bridgehead atoms. The summed E-state index contributed by atoms with van der Waals surface area (Å²) in [6.07, 6.45) is 10.3. The molecule has 2 N–H and O–H groups in total. The van der Waals surface area contributed by atoms with Crippen molar-refractivity contribution in [1.29, 1.82) is 0 Å². The number of aromatic hydroxyl groups is 1. The molecular formula is C24H31FN2O3S. The van der Waals surface area contributed by atoms with Crippen LogP contribution in [0.25, 0.3) is 0 Å². The largest absolute Gasteiger partial charge is 0.507 e. The fraction of sp³-hybridized carbons (Fsp3) is 0.542. The number of phenols is 1. The van der Waals surface area contributed by atoms with E-state index in [2.05, 4.69) is 5.32 Å². The fourth-order valence-electron chi connectivity index (χ4n) is 4.59. The number of carbonyl (C=O) groups is 1. The van der Waals surface area contributed by atoms with Gasteiger partial charge in [0, 0.05) is 18.3 Å². The average Bonchev–Trinajstić information content (AvgIpc) is 2.76. The Morgan fingerprint density at radius 3 is 2.65 bits per heavy atom. The highest BCUT2D eigenvalue weighted by Crippen LogP contribution is 2.31. The van der Waals surface area contributed by atoms with Gasteiger partial charge >= 0.3 is 0 Å². The molecule has 1 atom stereocenters. The number of benzene rings is 1. The third-order valence-corrected chi connectivity index (χ3v) is 7.39. The smallest absolute Gasteiger partial charge is 0.255 e. The van der Waals surface area contributed by atoms with Crippen LogP contribution in [0, 0.1) is 6.92 Å². The summed E-state index contributed by atoms with van der Waals surface area (Å²) in [5.74, 6) is 1.75. The summed E-state index contributed by atoms with van der Waals surface area (Å²) in [5.41, 5.74) is 1.21. The van der Waals surface area contributed by atoms with E-state index in [-0.39, 0.29) is 41.9 Å². The number of phenolic OH excluding ortho intramolecular Hbond substituents is 1. The quantitative estimate of drug-likeness (QED) is 0.689. The van der Waals surface area contributed by atoms with Crippen LogP contribution in [0.2, 0.25) is 0 Å². The van der Waals surface area contributed by atoms with Crippen LogP contribution in [-0.4, -0.2) is 51.8 Å². The van der Waals surface area contributed by atoms with E-state index >= 15 is 0 Å². The second-order valence-corrected chi connectivity index (χ2v) is 9.88. The molecule has 1 saturated heterocycles. The number of ether oxygens (including phenoxy) is 1. The van der Waals surface area contributed by atoms with Crippen molar-refractivity contribution in [3.8, 4) is 5.75 Å². The molecule has 4 rings (SSSR count). The number of nitrogens with zero attached hydrogens (tertiary/aromatic N) is 1. The van der Waals surface area contributed by atoms with Gasteiger partial charge in [-0.05, 0) is 86.8 Å². The molecule has 1 amide bonds. The maximum absolute atomic E-state index is 14.0. The number of hydrogen-bond acceptors (Lipinski definition) is 5. The number of allylic oxidation sites excluding steroid dienone is 2. The predicted octanol–water partition coefficient (Wildman–Crippen LogP) is 4.66. The Labute approximate surface area is 187 Å². The molecule has 0 radical (unpaired) electrons. The first-order valence-corrected chi connectivity index (χ1v) is 12.3. The monoisotopic (exact) mass is 446 g/mol. The van der Waals surface area contributed by atoms with Gasteiger partial charge in [0.25, 0.3) is 5.91 Å². The van der Waals surface area contributed by atoms with Gasteiger partial charge in [-0.1, -0.05) is 6.07 Å². The molecule has 1 saturated carbocycles. The highest BCUT2D eigenvalue weighted by Gasteiger charge is 2.32. The van der Waals surface area contributed by atoms with Gasteiger partial charge in [-0.15, -0.1) is 0 Å². The Morgan fingerprint density at radius 1 is 1.19 bits per heavy atom. The minimum Gasteiger partial charge on any atom is -0.507 e. The van der Waals surface area contributed by atoms with E-state index in [9.17, 15) is 14.3 Å². The predicted molar refractivity (Wildman–Crippen MR) is 122 cm³/mol. The van der Waals surface area contributed by atoms with Crippen molar-refractivity contribution in [1.82, 2.24) is 10.2 Å². The SMILES string of the molecule is Cc1ccc(C(=O)NC2CCC(N3C=C(F)C=CC3OC3CCSCC3)CC2)c(O)c1. The zero-order valence-corrected chi connectivity index (χ0v) is 18.7. The molecule has 1 unspecified atom stereocenters. The molecule has 5 nitrogen and oxygen atoms in total. The molecular weight excluding hydrogens is 415 g/mol. The minimum absolute atomic E-state index is 0.00741. The number of thioether (sulfide) groups is 1. The van der Waals surface area contributed by atoms with Gasteiger partial charge < -0.3 is 20.1 Å². The van der Waals surface area contributed by atoms with Crippen LogP contribution in [0.15, 0.2) is 42.4 Å². The van der Waals surface area contributed by atoms with E-state index in [1.54, 1.807) is 18.3 Å². The second-order valence-electron chi connectivity index (χ2n) is 8.66. The molecule has 0 aromatic heterocycles. The van der Waals surface area contributed by atoms with E-state index in [4.69, 9.17) is 4.74 Å². The summed E-state index contributed by atoms with van der Waals surface area (Å²) in [4.78, 5) is 14.6. The number of halogens is 1. The number of hydrogen-bond donors (Lipinski definition) is 2. The highest BCUT2D eigenvalue weighted by molar-refractivity contribution is 7.99. The van der Waals surface area contributed by atoms with Crippen LogP contribution in [0.1, 0.15) is 54.4 Å². The molecule has 0 spiro atoms. The summed E-state index contributed by atoms with van der Waals surface area (Å²) < 4.78 is 20.4. The van der Waals surface area contributed by atoms with Crippen molar-refractivity contribution < 1.29 is 19.0 Å². The average molecular weight is 447 g/mol. The van der Waals surface area contributed by atoms with Crippen LogP contribution in [0.5, 0.6) is 5.75 Å². The lowest BCUT2D eigenvalue weighted by Gasteiger charge is -2.42. The first kappa shape index (κ1) is 22.2. The van der Waals surface area contributed by atoms with Crippen molar-refractivity contribution in [2.45, 2.75) is 69.9 Å². The molecule has 1 aromatic carbocycles. The maximum Gasteiger partial charge on any atom is 0.255 e. The van der Waals surface area contributed by atoms with Crippen LogP contribution in [0.4, 0.5) is 4.39 Å². The first-order valence-electron chi connectivity index (χ1n) is 11.2. The van der Waals surface area contributed by atoms with Gasteiger partial charge in [0.1, 0.15) is 17.8 Å². The molecule has 7 heteroatoms. The van der Waals surface area contributed by atoms with Crippen molar-refractivity contribution in [3.63, 3.8) is 0 Å². The standard InChI is InChI=1S/C24H31FN2O3S/c1-16-2-8-21(22(28)14-16)24(29)26-18-4-6-19(7-5-18)27-15-17(25)3-9-23(27)30-20-10-12-31-13-11-20/h2-3,8-9,14-15,18-20,23,28H,4-7,10-13H2,1H3,(H,26,29). The Balaban J connectivity index is 1.33. The molecule has 2 fully saturated rings. The topological polar surface area (TPSA) is 61.8 Å². The van der Waals surface area contributed by atoms with Crippen LogP contribution < -0.4 is 5.32 Å². The van der Waals surface area contributed by atoms with Crippen molar-refractivity contribution in [3.05, 3.63) is 53.5 Å². The highest BCUT2D eigenvalue weighted by atomic mass is 32.2. The summed E-state index contributed by atoms with van der Waals surface area (Å²) in [7, 11) is 0. The first-order chi connectivity index (χ1) is 15.0. The Hall–Kier alpha value is -1.99. The summed E-state index contributed by atoms with van der Waals surface area (Å²) in [5, 5.41) is 13.1. The van der Waals surface area contributed by atoms with Crippen molar-refractivity contribution in [2.24, 2.45) is 0 Å². The third-order valence-electron chi connectivity index (χ3n) is 6.34. The Morgan fingerprint density at radius 2 is 1.94 bits per heavy atom. The summed E-state index contributed by atoms with van der Waals surface area (Å²) in [6, 6.07) is 5.31. The number of amides is 1. The van der Waals surface area contributed by atoms with Crippen LogP contribution in [-0.2, 0) is 4.74 Å². The third kappa shape index (κ3) is 5.63. The van der Waals surface area contributed by atoms with Crippen molar-refractivity contribution >= 4 is 17.7 Å². The lowest BCUT2D eigenvalue weighted by molar-refractivity contribution is -0.0769. The zero-order chi connectivity index (χ0) is 21.8. The van der Waals surface area contributed by atoms with Gasteiger partial charge in [-0.25, -0.2) is 4.39 Å². The van der Waals surface area contributed by atoms with Crippen LogP contribution in [0.3, 0.4) is 0 Å². The van der Waals surface area contributed by atoms with Gasteiger partial charge in [0.15, 0.2) is 0 Å². The van der Waals surface area contributed by atoms with Gasteiger partial charge in [0.2, 0.25) is 0 Å². The molecule has 168 valence electrons. The normalized spacial score (nSPS) is 27.1. The summed E-state index contributed by atoms with van der Waals surface area (Å²) >= 11 is 1.96. The van der Waals surface area contributed by atoms with Gasteiger partial charge in [-0.2, -0.15) is 11.8 Å². The molecule has 31 heavy (non-hydrogen) atoms. The van der Waals surface area contributed by atoms with E-state index in [0.717, 1.165) is 55.6 Å². The number of aryl methyl sites for hydroxylation is 1. The molecule has 2 aliphatic heterocycles. The van der Waals surface area contributed by atoms with Crippen molar-refractivity contribution in [2.75, 3.05) is 11.5 Å². The number of carbonyl (C=O) groups excluding carboxylic acids is 1. The van der Waals surface area contributed by atoms with E-state index in [1.165, 1.54) is 6.08 Å². The van der Waals surface area contributed by atoms with E-state index < -0.39 is 0 Å². The fourth-order valence-corrected chi connectivity index (χ4v) is 5.65. The second kappa shape index (κ2) is 10.1. The summed E-state index contributed by atoms with van der Waals surface area (Å²) in [6.45, 7) is 1.87. The van der Waals surface area contributed by atoms with Gasteiger partial charge in [-0.3, -0.25) is 4.79 Å². The number of nitrogens with one attached hydrogen (secondary N) is 1. The van der Waals surface area contributed by atoms with E-state index in [0.29, 0.717) is 5.56 Å². The molecule has 3 aliphatic rings.